The van der Waals surface area contributed by atoms with E-state index in [0.717, 1.165) is 6.42 Å². The second kappa shape index (κ2) is 13.2. The number of hydrogen-bond acceptors (Lipinski definition) is 2. The predicted octanol–water partition coefficient (Wildman–Crippen LogP) is 3.40. The molecule has 0 fully saturated rings. The summed E-state index contributed by atoms with van der Waals surface area (Å²) in [6, 6.07) is 12.0. The number of nitrogens with zero attached hydrogens (tertiary/aromatic N) is 1. The number of carboxylic acids is 1. The number of aliphatic carboxylic acids is 1. The molecule has 1 aromatic carbocycles. The maximum absolute atomic E-state index is 9.60. The molecule has 0 heterocycles. The van der Waals surface area contributed by atoms with Gasteiger partial charge in [-0.3, -0.25) is 4.79 Å². The summed E-state index contributed by atoms with van der Waals surface area (Å²) in [5.41, 5.74) is 1.32. The van der Waals surface area contributed by atoms with Gasteiger partial charge in [0.25, 0.3) is 0 Å². The third kappa shape index (κ3) is 18.1. The van der Waals surface area contributed by atoms with Crippen LogP contribution < -0.4 is 0 Å². The molecule has 0 unspecified atom stereocenters. The van der Waals surface area contributed by atoms with E-state index in [4.69, 9.17) is 10.4 Å². The zero-order valence-corrected chi connectivity index (χ0v) is 10.1. The van der Waals surface area contributed by atoms with Crippen LogP contribution >= 0.6 is 0 Å². The van der Waals surface area contributed by atoms with Gasteiger partial charge in [-0.2, -0.15) is 5.26 Å². The lowest BCUT2D eigenvalue weighted by Crippen LogP contribution is -1.90. The smallest absolute Gasteiger partial charge is 0.303 e. The number of rotatable bonds is 2. The Labute approximate surface area is 97.3 Å². The van der Waals surface area contributed by atoms with E-state index in [1.807, 2.05) is 25.1 Å². The van der Waals surface area contributed by atoms with Crippen LogP contribution in [0.15, 0.2) is 30.3 Å². The summed E-state index contributed by atoms with van der Waals surface area (Å²) in [6.07, 6.45) is 1.02. The normalized spacial score (nSPS) is 7.38. The molecule has 0 atom stereocenters. The van der Waals surface area contributed by atoms with E-state index in [9.17, 15) is 4.79 Å². The number of hydrogen-bond donors (Lipinski definition) is 1. The summed E-state index contributed by atoms with van der Waals surface area (Å²) in [6.45, 7) is 5.36. The number of benzene rings is 1. The number of carbonyl (C=O) groups is 1. The average molecular weight is 221 g/mol. The molecule has 0 aliphatic carbocycles. The molecule has 0 radical (unpaired) electrons. The highest BCUT2D eigenvalue weighted by atomic mass is 16.4. The van der Waals surface area contributed by atoms with Crippen LogP contribution in [0.3, 0.4) is 0 Å². The van der Waals surface area contributed by atoms with Crippen LogP contribution in [0.25, 0.3) is 0 Å². The van der Waals surface area contributed by atoms with Gasteiger partial charge < -0.3 is 5.11 Å². The minimum atomic E-state index is -0.711. The van der Waals surface area contributed by atoms with Crippen LogP contribution in [0.1, 0.15) is 32.3 Å². The van der Waals surface area contributed by atoms with Crippen molar-refractivity contribution in [2.45, 2.75) is 33.6 Å². The third-order valence-corrected chi connectivity index (χ3v) is 1.40. The first-order chi connectivity index (χ1) is 7.58. The Hall–Kier alpha value is -1.82. The summed E-state index contributed by atoms with van der Waals surface area (Å²) in [5.74, 6) is -0.711. The maximum Gasteiger partial charge on any atom is 0.303 e. The van der Waals surface area contributed by atoms with Crippen molar-refractivity contribution in [2.75, 3.05) is 0 Å². The first kappa shape index (κ1) is 16.6. The van der Waals surface area contributed by atoms with E-state index >= 15 is 0 Å². The molecular formula is C13H19NO2. The van der Waals surface area contributed by atoms with Gasteiger partial charge >= 0.3 is 5.97 Å². The Morgan fingerprint density at radius 2 is 1.81 bits per heavy atom. The van der Waals surface area contributed by atoms with Gasteiger partial charge in [0.05, 0.1) is 6.07 Å². The molecular weight excluding hydrogens is 202 g/mol. The van der Waals surface area contributed by atoms with Crippen molar-refractivity contribution in [1.82, 2.24) is 0 Å². The van der Waals surface area contributed by atoms with Crippen molar-refractivity contribution in [2.24, 2.45) is 0 Å². The zero-order valence-electron chi connectivity index (χ0n) is 10.1. The standard InChI is InChI=1S/C7H8.C4H8O2.C2H3N/c1-7-5-3-2-4-6-7;1-2-3-4(5)6;1-2-3/h2-6H,1H3;2-3H2,1H3,(H,5,6);1H3. The van der Waals surface area contributed by atoms with E-state index in [1.54, 1.807) is 6.07 Å². The molecule has 3 heteroatoms. The highest BCUT2D eigenvalue weighted by Gasteiger charge is 1.87. The highest BCUT2D eigenvalue weighted by molar-refractivity contribution is 5.66. The molecule has 3 nitrogen and oxygen atoms in total. The first-order valence-corrected chi connectivity index (χ1v) is 5.12. The van der Waals surface area contributed by atoms with Gasteiger partial charge in [-0.15, -0.1) is 0 Å². The van der Waals surface area contributed by atoms with E-state index < -0.39 is 5.97 Å². The van der Waals surface area contributed by atoms with Crippen LogP contribution in [0.5, 0.6) is 0 Å². The fourth-order valence-electron chi connectivity index (χ4n) is 0.748. The number of aryl methyl sites for hydroxylation is 1. The second-order valence-electron chi connectivity index (χ2n) is 3.02. The zero-order chi connectivity index (χ0) is 12.8. The van der Waals surface area contributed by atoms with Crippen molar-refractivity contribution >= 4 is 5.97 Å². The maximum atomic E-state index is 9.60. The molecule has 0 aliphatic heterocycles. The fourth-order valence-corrected chi connectivity index (χ4v) is 0.748. The number of nitriles is 1. The van der Waals surface area contributed by atoms with Gasteiger partial charge in [-0.05, 0) is 13.3 Å². The summed E-state index contributed by atoms with van der Waals surface area (Å²) < 4.78 is 0. The van der Waals surface area contributed by atoms with Gasteiger partial charge in [0, 0.05) is 13.3 Å². The van der Waals surface area contributed by atoms with Crippen LogP contribution in [0.4, 0.5) is 0 Å². The lowest BCUT2D eigenvalue weighted by Gasteiger charge is -1.82. The van der Waals surface area contributed by atoms with Crippen molar-refractivity contribution in [1.29, 1.82) is 5.26 Å². The first-order valence-electron chi connectivity index (χ1n) is 5.12. The molecule has 0 saturated heterocycles. The molecule has 16 heavy (non-hydrogen) atoms. The van der Waals surface area contributed by atoms with Crippen molar-refractivity contribution in [3.8, 4) is 6.07 Å². The summed E-state index contributed by atoms with van der Waals surface area (Å²) in [4.78, 5) is 9.60. The van der Waals surface area contributed by atoms with Crippen LogP contribution in [-0.4, -0.2) is 11.1 Å². The van der Waals surface area contributed by atoms with Gasteiger partial charge in [-0.25, -0.2) is 0 Å². The largest absolute Gasteiger partial charge is 0.481 e. The molecule has 0 amide bonds. The molecule has 0 aliphatic rings. The van der Waals surface area contributed by atoms with Crippen LogP contribution in [0.2, 0.25) is 0 Å². The van der Waals surface area contributed by atoms with Gasteiger partial charge in [-0.1, -0.05) is 42.8 Å². The minimum absolute atomic E-state index is 0.292. The highest BCUT2D eigenvalue weighted by Crippen LogP contribution is 1.92. The van der Waals surface area contributed by atoms with E-state index in [1.165, 1.54) is 12.5 Å². The second-order valence-corrected chi connectivity index (χ2v) is 3.02. The monoisotopic (exact) mass is 221 g/mol. The third-order valence-electron chi connectivity index (χ3n) is 1.40. The SMILES string of the molecule is CC#N.CCCC(=O)O.Cc1ccccc1. The topological polar surface area (TPSA) is 61.1 Å². The Morgan fingerprint density at radius 3 is 1.94 bits per heavy atom. The Kier molecular flexibility index (Phi) is 13.7. The lowest BCUT2D eigenvalue weighted by atomic mass is 10.2. The van der Waals surface area contributed by atoms with Crippen LogP contribution in [-0.2, 0) is 4.79 Å². The van der Waals surface area contributed by atoms with Crippen molar-refractivity contribution in [3.05, 3.63) is 35.9 Å². The van der Waals surface area contributed by atoms with Crippen molar-refractivity contribution < 1.29 is 9.90 Å². The van der Waals surface area contributed by atoms with Gasteiger partial charge in [0.1, 0.15) is 0 Å². The van der Waals surface area contributed by atoms with E-state index in [2.05, 4.69) is 19.1 Å². The molecule has 88 valence electrons. The summed E-state index contributed by atoms with van der Waals surface area (Å²) >= 11 is 0. The molecule has 0 bridgehead atoms. The summed E-state index contributed by atoms with van der Waals surface area (Å²) in [5, 5.41) is 15.2. The number of carboxylic acid groups (broad SMARTS) is 1. The van der Waals surface area contributed by atoms with Crippen LogP contribution in [0, 0.1) is 18.3 Å². The molecule has 1 rings (SSSR count). The molecule has 1 N–H and O–H groups in total. The Bertz CT molecular complexity index is 301. The molecule has 0 saturated carbocycles. The van der Waals surface area contributed by atoms with E-state index in [0.29, 0.717) is 6.42 Å². The minimum Gasteiger partial charge on any atom is -0.481 e. The summed E-state index contributed by atoms with van der Waals surface area (Å²) in [7, 11) is 0. The Balaban J connectivity index is 0. The Morgan fingerprint density at radius 1 is 1.38 bits per heavy atom. The predicted molar refractivity (Wildman–Crippen MR) is 65.0 cm³/mol. The van der Waals surface area contributed by atoms with Gasteiger partial charge in [0.2, 0.25) is 0 Å². The molecule has 0 spiro atoms. The quantitative estimate of drug-likeness (QED) is 0.832. The fraction of sp³-hybridized carbons (Fsp3) is 0.385. The average Bonchev–Trinajstić information content (AvgIpc) is 2.20. The van der Waals surface area contributed by atoms with Crippen molar-refractivity contribution in [3.63, 3.8) is 0 Å². The molecule has 1 aromatic rings. The molecule has 0 aromatic heterocycles. The van der Waals surface area contributed by atoms with Gasteiger partial charge in [0.15, 0.2) is 0 Å². The lowest BCUT2D eigenvalue weighted by molar-refractivity contribution is -0.137. The van der Waals surface area contributed by atoms with E-state index in [-0.39, 0.29) is 0 Å².